The van der Waals surface area contributed by atoms with Gasteiger partial charge in [0.05, 0.1) is 17.3 Å². The van der Waals surface area contributed by atoms with E-state index in [0.717, 1.165) is 5.56 Å². The molecule has 0 radical (unpaired) electrons. The van der Waals surface area contributed by atoms with Gasteiger partial charge in [0, 0.05) is 11.4 Å². The van der Waals surface area contributed by atoms with Gasteiger partial charge in [-0.15, -0.1) is 4.72 Å². The van der Waals surface area contributed by atoms with Crippen molar-refractivity contribution in [2.45, 2.75) is 31.6 Å². The zero-order chi connectivity index (χ0) is 17.9. The number of hydrogen-bond donors (Lipinski definition) is 2. The number of halogens is 1. The molecule has 2 rings (SSSR count). The molecule has 0 aliphatic heterocycles. The van der Waals surface area contributed by atoms with Crippen molar-refractivity contribution in [1.29, 1.82) is 5.26 Å². The van der Waals surface area contributed by atoms with Gasteiger partial charge in [0.2, 0.25) is 0 Å². The Labute approximate surface area is 144 Å². The lowest BCUT2D eigenvalue weighted by atomic mass is 9.98. The van der Waals surface area contributed by atoms with Crippen molar-refractivity contribution in [1.82, 2.24) is 4.72 Å². The number of nitrogens with two attached hydrogens (primary N) is 1. The van der Waals surface area contributed by atoms with Gasteiger partial charge in [-0.05, 0) is 56.2 Å². The Balaban J connectivity index is 2.48. The quantitative estimate of drug-likeness (QED) is 0.657. The first-order valence-electron chi connectivity index (χ1n) is 7.45. The molecule has 0 saturated heterocycles. The SMILES string of the molecule is CC(C)(C)[S@@+]([O-])NC(c1cccc(C#N)c1)c1ccc(F)c(N)c1. The van der Waals surface area contributed by atoms with Crippen LogP contribution in [0.5, 0.6) is 0 Å². The fourth-order valence-electron chi connectivity index (χ4n) is 2.14. The molecule has 2 atom stereocenters. The molecule has 126 valence electrons. The number of hydrogen-bond acceptors (Lipinski definition) is 4. The van der Waals surface area contributed by atoms with E-state index in [1.165, 1.54) is 12.1 Å². The monoisotopic (exact) mass is 345 g/mol. The molecule has 0 aromatic heterocycles. The number of anilines is 1. The van der Waals surface area contributed by atoms with Gasteiger partial charge in [-0.2, -0.15) is 5.26 Å². The average Bonchev–Trinajstić information content (AvgIpc) is 2.54. The van der Waals surface area contributed by atoms with E-state index in [2.05, 4.69) is 10.8 Å². The second-order valence-electron chi connectivity index (χ2n) is 6.45. The molecular formula is C18H20FN3OS. The smallest absolute Gasteiger partial charge is 0.146 e. The van der Waals surface area contributed by atoms with Gasteiger partial charge in [0.25, 0.3) is 0 Å². The molecule has 24 heavy (non-hydrogen) atoms. The summed E-state index contributed by atoms with van der Waals surface area (Å²) in [5, 5.41) is 9.11. The van der Waals surface area contributed by atoms with Gasteiger partial charge < -0.3 is 10.3 Å². The van der Waals surface area contributed by atoms with Crippen molar-refractivity contribution in [2.24, 2.45) is 0 Å². The minimum Gasteiger partial charge on any atom is -0.598 e. The molecule has 0 saturated carbocycles. The summed E-state index contributed by atoms with van der Waals surface area (Å²) in [6.07, 6.45) is 0. The predicted octanol–water partition coefficient (Wildman–Crippen LogP) is 3.42. The largest absolute Gasteiger partial charge is 0.598 e. The summed E-state index contributed by atoms with van der Waals surface area (Å²) in [7, 11) is 0. The summed E-state index contributed by atoms with van der Waals surface area (Å²) in [6.45, 7) is 5.58. The standard InChI is InChI=1S/C18H20FN3OS/c1-18(2,3)24(23)22-17(13-6-4-5-12(9-13)11-20)14-7-8-15(19)16(21)10-14/h4-10,17,22H,21H2,1-3H3/t17?,24-/m1/s1. The lowest BCUT2D eigenvalue weighted by Gasteiger charge is -2.28. The molecule has 6 heteroatoms. The van der Waals surface area contributed by atoms with Gasteiger partial charge in [0.15, 0.2) is 0 Å². The number of nitriles is 1. The maximum atomic E-state index is 13.5. The van der Waals surface area contributed by atoms with Crippen molar-refractivity contribution in [3.8, 4) is 6.07 Å². The Kier molecular flexibility index (Phi) is 5.50. The van der Waals surface area contributed by atoms with E-state index >= 15 is 0 Å². The lowest BCUT2D eigenvalue weighted by Crippen LogP contribution is -2.41. The van der Waals surface area contributed by atoms with Crippen molar-refractivity contribution in [3.05, 3.63) is 65.0 Å². The van der Waals surface area contributed by atoms with E-state index in [9.17, 15) is 8.94 Å². The molecule has 0 fully saturated rings. The second kappa shape index (κ2) is 7.22. The lowest BCUT2D eigenvalue weighted by molar-refractivity contribution is 0.535. The summed E-state index contributed by atoms with van der Waals surface area (Å²) in [6, 6.07) is 13.0. The molecule has 2 aromatic rings. The third kappa shape index (κ3) is 4.26. The zero-order valence-electron chi connectivity index (χ0n) is 13.8. The highest BCUT2D eigenvalue weighted by Crippen LogP contribution is 2.28. The van der Waals surface area contributed by atoms with Crippen LogP contribution in [0.3, 0.4) is 0 Å². The van der Waals surface area contributed by atoms with E-state index in [-0.39, 0.29) is 5.69 Å². The Bertz CT molecular complexity index is 768. The summed E-state index contributed by atoms with van der Waals surface area (Å²) in [4.78, 5) is 0. The maximum absolute atomic E-state index is 13.5. The minimum absolute atomic E-state index is 0.0253. The van der Waals surface area contributed by atoms with Crippen molar-refractivity contribution in [2.75, 3.05) is 5.73 Å². The summed E-state index contributed by atoms with van der Waals surface area (Å²) >= 11 is -1.36. The molecule has 0 spiro atoms. The minimum atomic E-state index is -1.36. The Morgan fingerprint density at radius 3 is 2.46 bits per heavy atom. The molecule has 0 aliphatic rings. The van der Waals surface area contributed by atoms with Crippen LogP contribution >= 0.6 is 0 Å². The number of nitrogens with one attached hydrogen (secondary N) is 1. The highest BCUT2D eigenvalue weighted by atomic mass is 32.2. The number of nitrogens with zero attached hydrogens (tertiary/aromatic N) is 1. The second-order valence-corrected chi connectivity index (χ2v) is 8.45. The number of rotatable bonds is 4. The fraction of sp³-hybridized carbons (Fsp3) is 0.278. The zero-order valence-corrected chi connectivity index (χ0v) is 14.7. The Morgan fingerprint density at radius 2 is 1.88 bits per heavy atom. The highest BCUT2D eigenvalue weighted by Gasteiger charge is 2.30. The fourth-order valence-corrected chi connectivity index (χ4v) is 2.98. The van der Waals surface area contributed by atoms with Crippen LogP contribution in [-0.2, 0) is 11.4 Å². The van der Waals surface area contributed by atoms with Gasteiger partial charge in [-0.3, -0.25) is 0 Å². The van der Waals surface area contributed by atoms with Crippen LogP contribution in [0.4, 0.5) is 10.1 Å². The third-order valence-electron chi connectivity index (χ3n) is 3.48. The molecule has 0 bridgehead atoms. The van der Waals surface area contributed by atoms with Crippen LogP contribution in [0, 0.1) is 17.1 Å². The molecule has 2 aromatic carbocycles. The van der Waals surface area contributed by atoms with E-state index in [4.69, 9.17) is 11.0 Å². The summed E-state index contributed by atoms with van der Waals surface area (Å²) < 4.78 is 28.6. The van der Waals surface area contributed by atoms with Crippen LogP contribution in [-0.4, -0.2) is 9.30 Å². The van der Waals surface area contributed by atoms with Crippen LogP contribution < -0.4 is 10.5 Å². The van der Waals surface area contributed by atoms with Crippen LogP contribution in [0.15, 0.2) is 42.5 Å². The first kappa shape index (κ1) is 18.3. The van der Waals surface area contributed by atoms with Crippen LogP contribution in [0.2, 0.25) is 0 Å². The van der Waals surface area contributed by atoms with E-state index < -0.39 is 28.0 Å². The Morgan fingerprint density at radius 1 is 1.21 bits per heavy atom. The first-order valence-corrected chi connectivity index (χ1v) is 8.60. The number of benzene rings is 2. The maximum Gasteiger partial charge on any atom is 0.146 e. The van der Waals surface area contributed by atoms with Crippen molar-refractivity contribution >= 4 is 17.0 Å². The van der Waals surface area contributed by atoms with Crippen LogP contribution in [0.25, 0.3) is 0 Å². The molecular weight excluding hydrogens is 325 g/mol. The van der Waals surface area contributed by atoms with E-state index in [1.807, 2.05) is 26.8 Å². The normalized spacial score (nSPS) is 14.0. The molecule has 3 N–H and O–H groups in total. The number of nitrogen functional groups attached to an aromatic ring is 1. The van der Waals surface area contributed by atoms with Gasteiger partial charge in [-0.1, -0.05) is 18.2 Å². The van der Waals surface area contributed by atoms with Crippen molar-refractivity contribution < 1.29 is 8.94 Å². The summed E-state index contributed by atoms with van der Waals surface area (Å²) in [5.41, 5.74) is 7.64. The third-order valence-corrected chi connectivity index (χ3v) is 5.05. The van der Waals surface area contributed by atoms with Gasteiger partial charge in [-0.25, -0.2) is 4.39 Å². The van der Waals surface area contributed by atoms with Gasteiger partial charge in [0.1, 0.15) is 16.6 Å². The molecule has 1 unspecified atom stereocenters. The van der Waals surface area contributed by atoms with E-state index in [1.54, 1.807) is 24.3 Å². The van der Waals surface area contributed by atoms with E-state index in [0.29, 0.717) is 11.1 Å². The molecule has 0 heterocycles. The first-order chi connectivity index (χ1) is 11.2. The highest BCUT2D eigenvalue weighted by molar-refractivity contribution is 7.90. The summed E-state index contributed by atoms with van der Waals surface area (Å²) in [5.74, 6) is -0.500. The topological polar surface area (TPSA) is 84.9 Å². The van der Waals surface area contributed by atoms with Crippen molar-refractivity contribution in [3.63, 3.8) is 0 Å². The van der Waals surface area contributed by atoms with Gasteiger partial charge >= 0.3 is 0 Å². The molecule has 0 amide bonds. The Hall–Kier alpha value is -2.07. The molecule has 4 nitrogen and oxygen atoms in total. The average molecular weight is 345 g/mol. The predicted molar refractivity (Wildman–Crippen MR) is 94.8 cm³/mol. The van der Waals surface area contributed by atoms with Crippen LogP contribution in [0.1, 0.15) is 43.5 Å². The molecule has 0 aliphatic carbocycles.